The molecule has 1 fully saturated rings. The molecular weight excluding hydrogens is 859 g/mol. The van der Waals surface area contributed by atoms with Crippen molar-refractivity contribution in [1.29, 1.82) is 0 Å². The molecule has 66 heavy (non-hydrogen) atoms. The molecule has 4 amide bonds. The number of carbonyl (C=O) groups is 4. The van der Waals surface area contributed by atoms with Crippen LogP contribution in [0.1, 0.15) is 121 Å². The fourth-order valence-electron chi connectivity index (χ4n) is 7.85. The van der Waals surface area contributed by atoms with Crippen LogP contribution in [-0.4, -0.2) is 161 Å². The van der Waals surface area contributed by atoms with E-state index < -0.39 is 12.1 Å². The van der Waals surface area contributed by atoms with Crippen molar-refractivity contribution in [3.63, 3.8) is 0 Å². The lowest BCUT2D eigenvalue weighted by molar-refractivity contribution is -0.144. The molecule has 16 heteroatoms. The van der Waals surface area contributed by atoms with Gasteiger partial charge in [0.2, 0.25) is 24.1 Å². The Morgan fingerprint density at radius 1 is 0.955 bits per heavy atom. The van der Waals surface area contributed by atoms with Gasteiger partial charge in [-0.25, -0.2) is 5.90 Å². The summed E-state index contributed by atoms with van der Waals surface area (Å²) >= 11 is 1.57. The first-order chi connectivity index (χ1) is 31.6. The van der Waals surface area contributed by atoms with Gasteiger partial charge in [0.15, 0.2) is 0 Å². The smallest absolute Gasteiger partial charge is 0.242 e. The maximum Gasteiger partial charge on any atom is 0.242 e. The van der Waals surface area contributed by atoms with E-state index in [-0.39, 0.29) is 72.7 Å². The zero-order valence-electron chi connectivity index (χ0n) is 44.7. The van der Waals surface area contributed by atoms with E-state index in [1.54, 1.807) is 45.0 Å². The Morgan fingerprint density at radius 3 is 2.03 bits per heavy atom. The number of carbonyl (C=O) groups excluding carboxylic acids is 4. The van der Waals surface area contributed by atoms with Crippen LogP contribution in [0.2, 0.25) is 0 Å². The van der Waals surface area contributed by atoms with Crippen LogP contribution in [0.4, 0.5) is 0 Å². The summed E-state index contributed by atoms with van der Waals surface area (Å²) in [7, 11) is 8.64. The largest absolute Gasteiger partial charge is 0.379 e. The summed E-state index contributed by atoms with van der Waals surface area (Å²) in [6, 6.07) is 9.30. The van der Waals surface area contributed by atoms with Crippen LogP contribution in [-0.2, 0) is 44.6 Å². The summed E-state index contributed by atoms with van der Waals surface area (Å²) in [5.74, 6) is 4.95. The average molecular weight is 956 g/mol. The number of amides is 4. The highest BCUT2D eigenvalue weighted by molar-refractivity contribution is 8.13. The third-order valence-corrected chi connectivity index (χ3v) is 11.9. The van der Waals surface area contributed by atoms with Gasteiger partial charge in [0.05, 0.1) is 74.2 Å². The van der Waals surface area contributed by atoms with Crippen molar-refractivity contribution < 1.29 is 38.2 Å². The summed E-state index contributed by atoms with van der Waals surface area (Å²) in [4.78, 5) is 65.0. The molecule has 0 aliphatic carbocycles. The highest BCUT2D eigenvalue weighted by atomic mass is 32.2. The Balaban J connectivity index is -0.00000142. The van der Waals surface area contributed by atoms with Crippen LogP contribution in [0.5, 0.6) is 0 Å². The van der Waals surface area contributed by atoms with Gasteiger partial charge in [-0.05, 0) is 55.9 Å². The Bertz CT molecular complexity index is 1390. The molecule has 7 unspecified atom stereocenters. The van der Waals surface area contributed by atoms with Crippen LogP contribution in [0, 0.1) is 17.8 Å². The van der Waals surface area contributed by atoms with Crippen molar-refractivity contribution in [2.24, 2.45) is 28.6 Å². The molecule has 1 aromatic rings. The molecule has 0 saturated carbocycles. The number of methoxy groups -OCH3 is 2. The molecule has 1 aliphatic heterocycles. The highest BCUT2D eigenvalue weighted by Gasteiger charge is 2.40. The van der Waals surface area contributed by atoms with Crippen molar-refractivity contribution in [2.75, 3.05) is 81.1 Å². The van der Waals surface area contributed by atoms with Crippen LogP contribution in [0.3, 0.4) is 0 Å². The first kappa shape index (κ1) is 67.2. The number of aliphatic imine (C=N–C) groups is 1. The number of thioether (sulfide) groups is 1. The second-order valence-electron chi connectivity index (χ2n) is 16.5. The van der Waals surface area contributed by atoms with Crippen molar-refractivity contribution >= 4 is 40.9 Å². The molecule has 0 aromatic heterocycles. The zero-order valence-corrected chi connectivity index (χ0v) is 45.5. The fraction of sp³-hybridized carbons (Fsp3) is 0.780. The molecular formula is C50H97N7O8S. The van der Waals surface area contributed by atoms with E-state index in [9.17, 15) is 19.2 Å². The van der Waals surface area contributed by atoms with Gasteiger partial charge in [-0.3, -0.25) is 29.1 Å². The Hall–Kier alpha value is -3.12. The summed E-state index contributed by atoms with van der Waals surface area (Å²) in [5, 5.41) is 6.59. The molecule has 386 valence electrons. The number of hydrogen-bond acceptors (Lipinski definition) is 12. The van der Waals surface area contributed by atoms with E-state index in [0.29, 0.717) is 32.9 Å². The summed E-state index contributed by atoms with van der Waals surface area (Å²) in [5.41, 5.74) is 1.19. The maximum absolute atomic E-state index is 13.6. The monoisotopic (exact) mass is 956 g/mol. The lowest BCUT2D eigenvalue weighted by Crippen LogP contribution is -2.55. The lowest BCUT2D eigenvalue weighted by atomic mass is 9.90. The van der Waals surface area contributed by atoms with Gasteiger partial charge < -0.3 is 39.5 Å². The quantitative estimate of drug-likeness (QED) is 0.0284. The number of rotatable bonds is 26. The van der Waals surface area contributed by atoms with Gasteiger partial charge in [-0.2, -0.15) is 0 Å². The number of likely N-dealkylation sites (tertiary alicyclic amines) is 1. The van der Waals surface area contributed by atoms with E-state index >= 15 is 0 Å². The average Bonchev–Trinajstić information content (AvgIpc) is 3.80. The Morgan fingerprint density at radius 2 is 1.56 bits per heavy atom. The van der Waals surface area contributed by atoms with Crippen molar-refractivity contribution in [2.45, 2.75) is 158 Å². The van der Waals surface area contributed by atoms with Crippen molar-refractivity contribution in [3.05, 3.63) is 35.9 Å². The highest BCUT2D eigenvalue weighted by Crippen LogP contribution is 2.29. The number of benzene rings is 1. The maximum atomic E-state index is 13.6. The second-order valence-corrected chi connectivity index (χ2v) is 17.3. The number of nitrogens with two attached hydrogens (primary N) is 1. The molecule has 0 spiro atoms. The Labute approximate surface area is 406 Å². The molecule has 2 rings (SSSR count). The van der Waals surface area contributed by atoms with Crippen molar-refractivity contribution in [1.82, 2.24) is 25.3 Å². The number of nitrogens with zero attached hydrogens (tertiary/aromatic N) is 4. The fourth-order valence-corrected chi connectivity index (χ4v) is 8.47. The van der Waals surface area contributed by atoms with Crippen LogP contribution in [0.15, 0.2) is 35.3 Å². The molecule has 4 N–H and O–H groups in total. The number of nitrogens with one attached hydrogen (secondary N) is 2. The molecule has 15 nitrogen and oxygen atoms in total. The standard InChI is InChI=1S/C31H61N5O7.C12H16N2OS.C3H8.2C2H6/c1-11-23(6)29(25(40-9)19-26(37)36-14-12-13-24(36)30(41-10)22(4)5)35(8)27(38)20-33-31(39)28(21(2)3)34(7)15-16-42-17-18-43-32;1-13-12(16-2)11(14-9-15)8-10-6-4-3-5-7-10;1-3-2;2*1-2/h21-25,28-30H,11-20,32H2,1-10H3,(H,33,39);3-7,9,11H,8H2,1-2H3,(H,14,15);3H2,1-2H3;2*1-2H3. The molecule has 1 heterocycles. The topological polar surface area (TPSA) is 177 Å². The van der Waals surface area contributed by atoms with Gasteiger partial charge >= 0.3 is 0 Å². The minimum absolute atomic E-state index is 0.0156. The summed E-state index contributed by atoms with van der Waals surface area (Å²) in [6.45, 7) is 26.7. The molecule has 1 aromatic carbocycles. The lowest BCUT2D eigenvalue weighted by Gasteiger charge is -2.39. The predicted molar refractivity (Wildman–Crippen MR) is 276 cm³/mol. The molecule has 1 saturated heterocycles. The van der Waals surface area contributed by atoms with Gasteiger partial charge in [-0.15, -0.1) is 11.8 Å². The van der Waals surface area contributed by atoms with Crippen LogP contribution >= 0.6 is 11.8 Å². The SMILES string of the molecule is CC.CC.CCC.CCC(C)C(C(CC(=O)N1CCCC1C(OC)C(C)C)OC)N(C)C(=O)CNC(=O)C(C(C)C)N(C)CCOCCON.CN=C(SC)C(Cc1ccccc1)NC=O. The second kappa shape index (κ2) is 42.0. The minimum Gasteiger partial charge on any atom is -0.379 e. The van der Waals surface area contributed by atoms with Crippen molar-refractivity contribution in [3.8, 4) is 0 Å². The summed E-state index contributed by atoms with van der Waals surface area (Å²) in [6.07, 6.45) is 7.01. The minimum atomic E-state index is -0.493. The molecule has 1 aliphatic rings. The molecule has 7 atom stereocenters. The van der Waals surface area contributed by atoms with E-state index in [1.807, 2.05) is 95.0 Å². The first-order valence-electron chi connectivity index (χ1n) is 24.3. The van der Waals surface area contributed by atoms with Crippen LogP contribution in [0.25, 0.3) is 0 Å². The van der Waals surface area contributed by atoms with E-state index in [1.165, 1.54) is 12.0 Å². The van der Waals surface area contributed by atoms with E-state index in [0.717, 1.165) is 37.1 Å². The third kappa shape index (κ3) is 25.9. The van der Waals surface area contributed by atoms with Gasteiger partial charge in [0.25, 0.3) is 0 Å². The normalized spacial score (nSPS) is 16.1. The molecule has 0 bridgehead atoms. The number of hydrogen-bond donors (Lipinski definition) is 3. The van der Waals surface area contributed by atoms with Crippen LogP contribution < -0.4 is 16.5 Å². The molecule has 0 radical (unpaired) electrons. The first-order valence-corrected chi connectivity index (χ1v) is 25.5. The van der Waals surface area contributed by atoms with Gasteiger partial charge in [0.1, 0.15) is 0 Å². The van der Waals surface area contributed by atoms with E-state index in [4.69, 9.17) is 20.1 Å². The number of likely N-dealkylation sites (N-methyl/N-ethyl adjacent to an activating group) is 2. The van der Waals surface area contributed by atoms with Gasteiger partial charge in [-0.1, -0.05) is 126 Å². The predicted octanol–water partition coefficient (Wildman–Crippen LogP) is 7.11. The van der Waals surface area contributed by atoms with Gasteiger partial charge in [0, 0.05) is 41.4 Å². The number of ether oxygens (including phenoxy) is 3. The third-order valence-electron chi connectivity index (χ3n) is 11.1. The Kier molecular flexibility index (Phi) is 42.8. The van der Waals surface area contributed by atoms with E-state index in [2.05, 4.69) is 62.0 Å². The zero-order chi connectivity index (χ0) is 51.2. The summed E-state index contributed by atoms with van der Waals surface area (Å²) < 4.78 is 17.2.